The fraction of sp³-hybridized carbons (Fsp3) is 0.600. The first-order valence-electron chi connectivity index (χ1n) is 5.09. The lowest BCUT2D eigenvalue weighted by Gasteiger charge is -2.28. The third-order valence-corrected chi connectivity index (χ3v) is 2.32. The Morgan fingerprint density at radius 3 is 2.29 bits per heavy atom. The highest BCUT2D eigenvalue weighted by atomic mass is 16.5. The molecule has 0 saturated carbocycles. The number of nitrogens with one attached hydrogen (secondary N) is 1. The van der Waals surface area contributed by atoms with Crippen LogP contribution in [0.15, 0.2) is 6.07 Å². The monoisotopic (exact) mass is 243 g/mol. The lowest BCUT2D eigenvalue weighted by molar-refractivity contribution is 0.0827. The van der Waals surface area contributed by atoms with Gasteiger partial charge in [0.2, 0.25) is 11.8 Å². The SMILES string of the molecule is COc1cc(C)nc(NC(CO)(CO)CO)n1. The maximum absolute atomic E-state index is 9.16. The van der Waals surface area contributed by atoms with Crippen molar-refractivity contribution in [2.75, 3.05) is 32.2 Å². The Balaban J connectivity index is 2.96. The average Bonchev–Trinajstić information content (AvgIpc) is 2.35. The second kappa shape index (κ2) is 5.76. The van der Waals surface area contributed by atoms with Gasteiger partial charge in [-0.2, -0.15) is 4.98 Å². The second-order valence-corrected chi connectivity index (χ2v) is 3.75. The van der Waals surface area contributed by atoms with Crippen molar-refractivity contribution < 1.29 is 20.1 Å². The Bertz CT molecular complexity index is 360. The molecule has 96 valence electrons. The highest BCUT2D eigenvalue weighted by Crippen LogP contribution is 2.15. The van der Waals surface area contributed by atoms with Gasteiger partial charge in [-0.1, -0.05) is 0 Å². The van der Waals surface area contributed by atoms with E-state index in [1.807, 2.05) is 0 Å². The summed E-state index contributed by atoms with van der Waals surface area (Å²) in [5, 5.41) is 30.2. The molecule has 0 radical (unpaired) electrons. The Morgan fingerprint density at radius 1 is 1.24 bits per heavy atom. The normalized spacial score (nSPS) is 11.4. The fourth-order valence-electron chi connectivity index (χ4n) is 1.21. The molecule has 17 heavy (non-hydrogen) atoms. The van der Waals surface area contributed by atoms with Crippen LogP contribution in [0.1, 0.15) is 5.69 Å². The van der Waals surface area contributed by atoms with Crippen LogP contribution in [0.5, 0.6) is 5.88 Å². The zero-order chi connectivity index (χ0) is 12.9. The molecule has 0 fully saturated rings. The zero-order valence-electron chi connectivity index (χ0n) is 9.84. The van der Waals surface area contributed by atoms with Gasteiger partial charge < -0.3 is 25.4 Å². The maximum Gasteiger partial charge on any atom is 0.226 e. The molecule has 7 nitrogen and oxygen atoms in total. The van der Waals surface area contributed by atoms with Crippen LogP contribution < -0.4 is 10.1 Å². The molecule has 7 heteroatoms. The van der Waals surface area contributed by atoms with Crippen LogP contribution in [0.4, 0.5) is 5.95 Å². The van der Waals surface area contributed by atoms with E-state index in [9.17, 15) is 0 Å². The van der Waals surface area contributed by atoms with Crippen molar-refractivity contribution in [1.29, 1.82) is 0 Å². The van der Waals surface area contributed by atoms with Gasteiger partial charge in [0, 0.05) is 11.8 Å². The molecule has 1 aromatic heterocycles. The Morgan fingerprint density at radius 2 is 1.82 bits per heavy atom. The number of nitrogens with zero attached hydrogens (tertiary/aromatic N) is 2. The molecular weight excluding hydrogens is 226 g/mol. The van der Waals surface area contributed by atoms with E-state index in [2.05, 4.69) is 15.3 Å². The summed E-state index contributed by atoms with van der Waals surface area (Å²) in [6.45, 7) is 0.423. The Hall–Kier alpha value is -1.44. The summed E-state index contributed by atoms with van der Waals surface area (Å²) >= 11 is 0. The molecule has 0 aliphatic rings. The molecule has 0 aliphatic heterocycles. The minimum Gasteiger partial charge on any atom is -0.481 e. The van der Waals surface area contributed by atoms with E-state index in [1.165, 1.54) is 7.11 Å². The summed E-state index contributed by atoms with van der Waals surface area (Å²) in [6.07, 6.45) is 0. The molecule has 0 atom stereocenters. The lowest BCUT2D eigenvalue weighted by Crippen LogP contribution is -2.49. The van der Waals surface area contributed by atoms with E-state index in [0.717, 1.165) is 0 Å². The van der Waals surface area contributed by atoms with Crippen molar-refractivity contribution in [3.63, 3.8) is 0 Å². The number of anilines is 1. The van der Waals surface area contributed by atoms with Gasteiger partial charge in [-0.05, 0) is 6.92 Å². The number of hydrogen-bond donors (Lipinski definition) is 4. The summed E-state index contributed by atoms with van der Waals surface area (Å²) < 4.78 is 4.97. The standard InChI is InChI=1S/C10H17N3O4/c1-7-3-8(17-2)12-9(11-7)13-10(4-14,5-15)6-16/h3,14-16H,4-6H2,1-2H3,(H,11,12,13). The van der Waals surface area contributed by atoms with Crippen molar-refractivity contribution in [2.24, 2.45) is 0 Å². The molecule has 0 spiro atoms. The van der Waals surface area contributed by atoms with Gasteiger partial charge in [-0.3, -0.25) is 0 Å². The number of aliphatic hydroxyl groups excluding tert-OH is 3. The third-order valence-electron chi connectivity index (χ3n) is 2.32. The van der Waals surface area contributed by atoms with Gasteiger partial charge in [0.05, 0.1) is 26.9 Å². The Labute approximate surface area is 99.1 Å². The predicted molar refractivity (Wildman–Crippen MR) is 60.9 cm³/mol. The largest absolute Gasteiger partial charge is 0.481 e. The maximum atomic E-state index is 9.16. The molecule has 0 unspecified atom stereocenters. The van der Waals surface area contributed by atoms with E-state index >= 15 is 0 Å². The van der Waals surface area contributed by atoms with Crippen LogP contribution in [0.3, 0.4) is 0 Å². The van der Waals surface area contributed by atoms with Crippen LogP contribution in [0, 0.1) is 6.92 Å². The second-order valence-electron chi connectivity index (χ2n) is 3.75. The van der Waals surface area contributed by atoms with Crippen molar-refractivity contribution in [3.05, 3.63) is 11.8 Å². The molecule has 1 rings (SSSR count). The molecule has 0 saturated heterocycles. The first kappa shape index (κ1) is 13.6. The minimum absolute atomic E-state index is 0.180. The minimum atomic E-state index is -1.25. The number of aromatic nitrogens is 2. The summed E-state index contributed by atoms with van der Waals surface area (Å²) in [4.78, 5) is 8.08. The van der Waals surface area contributed by atoms with Crippen molar-refractivity contribution in [1.82, 2.24) is 9.97 Å². The smallest absolute Gasteiger partial charge is 0.226 e. The number of hydrogen-bond acceptors (Lipinski definition) is 7. The zero-order valence-corrected chi connectivity index (χ0v) is 9.84. The molecule has 1 aromatic rings. The first-order valence-corrected chi connectivity index (χ1v) is 5.09. The molecule has 4 N–H and O–H groups in total. The third kappa shape index (κ3) is 3.26. The highest BCUT2D eigenvalue weighted by molar-refractivity contribution is 5.34. The topological polar surface area (TPSA) is 108 Å². The molecule has 1 heterocycles. The molecule has 0 aromatic carbocycles. The van der Waals surface area contributed by atoms with E-state index < -0.39 is 25.4 Å². The molecule has 0 aliphatic carbocycles. The van der Waals surface area contributed by atoms with Gasteiger partial charge in [0.1, 0.15) is 5.54 Å². The van der Waals surface area contributed by atoms with Gasteiger partial charge in [0.25, 0.3) is 0 Å². The molecular formula is C10H17N3O4. The quantitative estimate of drug-likeness (QED) is 0.503. The van der Waals surface area contributed by atoms with Crippen LogP contribution >= 0.6 is 0 Å². The fourth-order valence-corrected chi connectivity index (χ4v) is 1.21. The van der Waals surface area contributed by atoms with Gasteiger partial charge in [0.15, 0.2) is 0 Å². The number of rotatable bonds is 6. The summed E-state index contributed by atoms with van der Waals surface area (Å²) in [5.74, 6) is 0.543. The highest BCUT2D eigenvalue weighted by Gasteiger charge is 2.29. The van der Waals surface area contributed by atoms with Crippen LogP contribution in [-0.2, 0) is 0 Å². The van der Waals surface area contributed by atoms with Gasteiger partial charge >= 0.3 is 0 Å². The molecule has 0 bridgehead atoms. The van der Waals surface area contributed by atoms with Crippen LogP contribution in [0.2, 0.25) is 0 Å². The number of methoxy groups -OCH3 is 1. The molecule has 0 amide bonds. The predicted octanol–water partition coefficient (Wildman–Crippen LogP) is -1.08. The van der Waals surface area contributed by atoms with E-state index in [4.69, 9.17) is 20.1 Å². The first-order chi connectivity index (χ1) is 8.09. The van der Waals surface area contributed by atoms with Gasteiger partial charge in [-0.25, -0.2) is 4.98 Å². The van der Waals surface area contributed by atoms with E-state index in [1.54, 1.807) is 13.0 Å². The summed E-state index contributed by atoms with van der Waals surface area (Å²) in [7, 11) is 1.48. The lowest BCUT2D eigenvalue weighted by atomic mass is 10.0. The summed E-state index contributed by atoms with van der Waals surface area (Å²) in [5.41, 5.74) is -0.583. The average molecular weight is 243 g/mol. The van der Waals surface area contributed by atoms with E-state index in [-0.39, 0.29) is 5.95 Å². The summed E-state index contributed by atoms with van der Waals surface area (Å²) in [6, 6.07) is 1.64. The van der Waals surface area contributed by atoms with Gasteiger partial charge in [-0.15, -0.1) is 0 Å². The van der Waals surface area contributed by atoms with Crippen molar-refractivity contribution in [3.8, 4) is 5.88 Å². The van der Waals surface area contributed by atoms with Crippen LogP contribution in [-0.4, -0.2) is 57.8 Å². The van der Waals surface area contributed by atoms with Crippen molar-refractivity contribution >= 4 is 5.95 Å². The van der Waals surface area contributed by atoms with E-state index in [0.29, 0.717) is 11.6 Å². The van der Waals surface area contributed by atoms with Crippen molar-refractivity contribution in [2.45, 2.75) is 12.5 Å². The number of aliphatic hydroxyl groups is 3. The Kier molecular flexibility index (Phi) is 4.62. The number of ether oxygens (including phenoxy) is 1. The van der Waals surface area contributed by atoms with Crippen LogP contribution in [0.25, 0.3) is 0 Å². The number of aryl methyl sites for hydroxylation is 1.